The van der Waals surface area contributed by atoms with Crippen molar-refractivity contribution in [1.29, 1.82) is 0 Å². The maximum absolute atomic E-state index is 13.2. The molecular formula is C28H43N7O8S2. The summed E-state index contributed by atoms with van der Waals surface area (Å²) in [4.78, 5) is 76.9. The van der Waals surface area contributed by atoms with Gasteiger partial charge in [-0.05, 0) is 63.3 Å². The average Bonchev–Trinajstić information content (AvgIpc) is 2.99. The maximum Gasteiger partial charge on any atom is 0.245 e. The van der Waals surface area contributed by atoms with Crippen molar-refractivity contribution in [3.05, 3.63) is 29.8 Å². The van der Waals surface area contributed by atoms with E-state index in [4.69, 9.17) is 11.5 Å². The Balaban J connectivity index is 2.26. The summed E-state index contributed by atoms with van der Waals surface area (Å²) >= 11 is 0. The number of amides is 6. The predicted molar refractivity (Wildman–Crippen MR) is 170 cm³/mol. The topological polar surface area (TPSA) is 255 Å². The smallest absolute Gasteiger partial charge is 0.245 e. The van der Waals surface area contributed by atoms with Gasteiger partial charge in [-0.15, -0.1) is 0 Å². The molecule has 6 amide bonds. The van der Waals surface area contributed by atoms with Crippen LogP contribution >= 0.6 is 21.6 Å². The second-order valence-corrected chi connectivity index (χ2v) is 13.1. The summed E-state index contributed by atoms with van der Waals surface area (Å²) in [6.07, 6.45) is 0.431. The van der Waals surface area contributed by atoms with Crippen molar-refractivity contribution in [2.75, 3.05) is 24.6 Å². The molecule has 17 heteroatoms. The van der Waals surface area contributed by atoms with E-state index in [0.717, 1.165) is 5.56 Å². The molecule has 2 rings (SSSR count). The van der Waals surface area contributed by atoms with Gasteiger partial charge in [0.15, 0.2) is 0 Å². The molecule has 1 aromatic carbocycles. The molecule has 1 fully saturated rings. The van der Waals surface area contributed by atoms with E-state index in [0.29, 0.717) is 31.6 Å². The number of aromatic hydroxyl groups is 1. The number of hydrogen-bond donors (Lipinski definition) is 9. The number of benzene rings is 1. The number of hydrogen-bond acceptors (Lipinski definition) is 11. The predicted octanol–water partition coefficient (Wildman–Crippen LogP) is -1.84. The highest BCUT2D eigenvalue weighted by Gasteiger charge is 2.32. The molecule has 45 heavy (non-hydrogen) atoms. The number of aliphatic hydroxyl groups is 1. The molecule has 11 N–H and O–H groups in total. The number of primary amides is 1. The van der Waals surface area contributed by atoms with Gasteiger partial charge < -0.3 is 48.3 Å². The van der Waals surface area contributed by atoms with Crippen LogP contribution in [0.3, 0.4) is 0 Å². The minimum Gasteiger partial charge on any atom is -0.508 e. The Morgan fingerprint density at radius 3 is 2.22 bits per heavy atom. The summed E-state index contributed by atoms with van der Waals surface area (Å²) in [5.41, 5.74) is 11.9. The average molecular weight is 670 g/mol. The monoisotopic (exact) mass is 669 g/mol. The second-order valence-electron chi connectivity index (χ2n) is 10.5. The van der Waals surface area contributed by atoms with Crippen LogP contribution in [0.5, 0.6) is 5.75 Å². The quantitative estimate of drug-likeness (QED) is 0.104. The van der Waals surface area contributed by atoms with E-state index in [1.807, 2.05) is 0 Å². The molecule has 0 spiro atoms. The van der Waals surface area contributed by atoms with Crippen LogP contribution in [0.1, 0.15) is 44.6 Å². The number of carbonyl (C=O) groups excluding carboxylic acids is 6. The summed E-state index contributed by atoms with van der Waals surface area (Å²) in [5, 5.41) is 32.4. The van der Waals surface area contributed by atoms with Crippen molar-refractivity contribution in [2.45, 2.75) is 75.7 Å². The van der Waals surface area contributed by atoms with E-state index in [2.05, 4.69) is 26.6 Å². The van der Waals surface area contributed by atoms with Crippen LogP contribution in [0.25, 0.3) is 0 Å². The Morgan fingerprint density at radius 2 is 1.58 bits per heavy atom. The molecule has 0 radical (unpaired) electrons. The molecular weight excluding hydrogens is 626 g/mol. The second kappa shape index (κ2) is 19.8. The summed E-state index contributed by atoms with van der Waals surface area (Å²) < 4.78 is 0. The van der Waals surface area contributed by atoms with Gasteiger partial charge in [0, 0.05) is 17.9 Å². The van der Waals surface area contributed by atoms with Gasteiger partial charge in [-0.2, -0.15) is 0 Å². The van der Waals surface area contributed by atoms with Gasteiger partial charge in [0.1, 0.15) is 29.9 Å². The van der Waals surface area contributed by atoms with E-state index in [-0.39, 0.29) is 30.8 Å². The zero-order valence-electron chi connectivity index (χ0n) is 25.1. The number of aliphatic hydroxyl groups excluding tert-OH is 1. The largest absolute Gasteiger partial charge is 0.508 e. The lowest BCUT2D eigenvalue weighted by molar-refractivity contribution is -0.135. The maximum atomic E-state index is 13.2. The molecule has 1 saturated heterocycles. The summed E-state index contributed by atoms with van der Waals surface area (Å²) in [7, 11) is 2.44. The van der Waals surface area contributed by atoms with Crippen LogP contribution < -0.4 is 38.1 Å². The Bertz CT molecular complexity index is 1170. The first-order valence-corrected chi connectivity index (χ1v) is 17.1. The highest BCUT2D eigenvalue weighted by molar-refractivity contribution is 8.76. The third-order valence-electron chi connectivity index (χ3n) is 6.78. The number of nitrogens with two attached hydrogens (primary N) is 2. The third kappa shape index (κ3) is 14.0. The van der Waals surface area contributed by atoms with E-state index in [9.17, 15) is 39.0 Å². The number of phenols is 1. The molecule has 250 valence electrons. The van der Waals surface area contributed by atoms with Crippen molar-refractivity contribution in [1.82, 2.24) is 26.6 Å². The van der Waals surface area contributed by atoms with Crippen LogP contribution in [0.4, 0.5) is 0 Å². The van der Waals surface area contributed by atoms with Crippen molar-refractivity contribution in [3.63, 3.8) is 0 Å². The van der Waals surface area contributed by atoms with E-state index < -0.39 is 72.3 Å². The van der Waals surface area contributed by atoms with Crippen LogP contribution in [0.2, 0.25) is 0 Å². The lowest BCUT2D eigenvalue weighted by Gasteiger charge is -2.26. The van der Waals surface area contributed by atoms with Gasteiger partial charge in [0.05, 0.1) is 12.6 Å². The van der Waals surface area contributed by atoms with Crippen LogP contribution in [0.15, 0.2) is 24.3 Å². The van der Waals surface area contributed by atoms with Gasteiger partial charge in [0.2, 0.25) is 35.4 Å². The molecule has 0 aromatic heterocycles. The number of phenolic OH excluding ortho intramolecular Hbond substituents is 1. The van der Waals surface area contributed by atoms with E-state index in [1.165, 1.54) is 40.6 Å². The Labute approximate surface area is 269 Å². The third-order valence-corrected chi connectivity index (χ3v) is 9.20. The van der Waals surface area contributed by atoms with Crippen molar-refractivity contribution < 1.29 is 39.0 Å². The minimum absolute atomic E-state index is 0.0371. The van der Waals surface area contributed by atoms with Gasteiger partial charge in [-0.25, -0.2) is 0 Å². The summed E-state index contributed by atoms with van der Waals surface area (Å²) in [5.74, 6) is -3.71. The lowest BCUT2D eigenvalue weighted by atomic mass is 10.0. The summed E-state index contributed by atoms with van der Waals surface area (Å²) in [6, 6.07) is 1.70. The van der Waals surface area contributed by atoms with Crippen LogP contribution in [-0.2, 0) is 35.2 Å². The molecule has 1 heterocycles. The summed E-state index contributed by atoms with van der Waals surface area (Å²) in [6.45, 7) is 1.13. The number of aryl methyl sites for hydroxylation is 1. The standard InChI is InChI=1S/C28H43N7O8S2/c1-16(36)24-28(43)34-21(25(30)40)15-45-44-13-11-22(38)32-20(10-7-17-5-8-18(37)9-6-17)26(41)31-14-23(39)33-19(27(42)35-24)4-2-3-12-29/h5-6,8-9,16,19-21,24,36-37H,2-4,7,10-15,29H2,1H3,(H2,30,40)(H,31,41)(H,32,38)(H,33,39)(H,34,43)(H,35,42)/t16-,19+,20+,21+,24+/m1/s1. The normalized spacial score (nSPS) is 23.8. The molecule has 15 nitrogen and oxygen atoms in total. The molecule has 5 atom stereocenters. The molecule has 0 saturated carbocycles. The molecule has 0 aliphatic carbocycles. The van der Waals surface area contributed by atoms with E-state index in [1.54, 1.807) is 12.1 Å². The zero-order chi connectivity index (χ0) is 33.4. The lowest BCUT2D eigenvalue weighted by Crippen LogP contribution is -2.60. The number of nitrogens with one attached hydrogen (secondary N) is 5. The Hall–Kier alpha value is -3.54. The molecule has 0 bridgehead atoms. The Kier molecular flexibility index (Phi) is 16.5. The van der Waals surface area contributed by atoms with Gasteiger partial charge in [-0.3, -0.25) is 28.8 Å². The van der Waals surface area contributed by atoms with Gasteiger partial charge >= 0.3 is 0 Å². The fourth-order valence-electron chi connectivity index (χ4n) is 4.23. The van der Waals surface area contributed by atoms with Crippen LogP contribution in [-0.4, -0.2) is 101 Å². The zero-order valence-corrected chi connectivity index (χ0v) is 26.7. The van der Waals surface area contributed by atoms with E-state index >= 15 is 0 Å². The first-order valence-electron chi connectivity index (χ1n) is 14.6. The molecule has 1 aliphatic heterocycles. The van der Waals surface area contributed by atoms with Crippen molar-refractivity contribution in [2.24, 2.45) is 11.5 Å². The number of rotatable bonds is 9. The first kappa shape index (κ1) is 37.6. The van der Waals surface area contributed by atoms with Crippen LogP contribution in [0, 0.1) is 0 Å². The fourth-order valence-corrected chi connectivity index (χ4v) is 6.40. The van der Waals surface area contributed by atoms with Gasteiger partial charge in [-0.1, -0.05) is 33.7 Å². The van der Waals surface area contributed by atoms with Gasteiger partial charge in [0.25, 0.3) is 0 Å². The number of carbonyl (C=O) groups is 6. The highest BCUT2D eigenvalue weighted by atomic mass is 33.1. The minimum atomic E-state index is -1.46. The first-order chi connectivity index (χ1) is 21.4. The molecule has 1 aliphatic rings. The Morgan fingerprint density at radius 1 is 0.911 bits per heavy atom. The fraction of sp³-hybridized carbons (Fsp3) is 0.571. The van der Waals surface area contributed by atoms with Crippen molar-refractivity contribution in [3.8, 4) is 5.75 Å². The number of unbranched alkanes of at least 4 members (excludes halogenated alkanes) is 1. The molecule has 1 aromatic rings. The SMILES string of the molecule is C[C@@H](O)[C@@H]1NC(=O)[C@H](CCCCN)NC(=O)CNC(=O)[C@H](CCc2ccc(O)cc2)NC(=O)CCSSC[C@@H](C(N)=O)NC1=O. The highest BCUT2D eigenvalue weighted by Crippen LogP contribution is 2.23. The van der Waals surface area contributed by atoms with Crippen molar-refractivity contribution >= 4 is 57.0 Å². The molecule has 0 unspecified atom stereocenters.